The van der Waals surface area contributed by atoms with Gasteiger partial charge in [0, 0.05) is 24.0 Å². The van der Waals surface area contributed by atoms with Crippen LogP contribution in [0.1, 0.15) is 10.4 Å². The number of benzene rings is 2. The number of aromatic hydroxyl groups is 1. The molecule has 0 fully saturated rings. The number of pyridine rings is 1. The largest absolute Gasteiger partial charge is 0.504 e. The minimum atomic E-state index is -0.516. The molecule has 0 radical (unpaired) electrons. The monoisotopic (exact) mass is 359 g/mol. The van der Waals surface area contributed by atoms with Crippen molar-refractivity contribution in [1.29, 1.82) is 0 Å². The molecule has 1 N–H and O–H groups in total. The summed E-state index contributed by atoms with van der Waals surface area (Å²) in [5, 5.41) is 10.2. The molecule has 6 heteroatoms. The van der Waals surface area contributed by atoms with Crippen molar-refractivity contribution in [3.63, 3.8) is 0 Å². The Morgan fingerprint density at radius 3 is 2.59 bits per heavy atom. The Balaban J connectivity index is 1.63. The van der Waals surface area contributed by atoms with Crippen LogP contribution in [0.2, 0.25) is 0 Å². The van der Waals surface area contributed by atoms with Crippen LogP contribution in [0.25, 0.3) is 22.3 Å². The molecule has 0 bridgehead atoms. The molecule has 0 amide bonds. The maximum absolute atomic E-state index is 12.2. The zero-order chi connectivity index (χ0) is 18.8. The molecule has 2 heterocycles. The second kappa shape index (κ2) is 6.76. The molecule has 0 saturated heterocycles. The Hall–Kier alpha value is -3.93. The lowest BCUT2D eigenvalue weighted by Gasteiger charge is -2.07. The summed E-state index contributed by atoms with van der Waals surface area (Å²) in [5.41, 5.74) is 0.831. The number of rotatable bonds is 3. The quantitative estimate of drug-likeness (QED) is 0.442. The van der Waals surface area contributed by atoms with Crippen LogP contribution in [-0.2, 0) is 0 Å². The van der Waals surface area contributed by atoms with Crippen molar-refractivity contribution in [2.24, 2.45) is 0 Å². The fourth-order valence-corrected chi connectivity index (χ4v) is 2.64. The van der Waals surface area contributed by atoms with Gasteiger partial charge in [-0.05, 0) is 48.5 Å². The van der Waals surface area contributed by atoms with Crippen molar-refractivity contribution in [1.82, 2.24) is 4.98 Å². The van der Waals surface area contributed by atoms with Crippen LogP contribution < -0.4 is 10.2 Å². The van der Waals surface area contributed by atoms with Crippen molar-refractivity contribution in [3.05, 3.63) is 88.8 Å². The van der Waals surface area contributed by atoms with E-state index in [2.05, 4.69) is 4.98 Å². The van der Waals surface area contributed by atoms with Crippen molar-refractivity contribution >= 4 is 16.9 Å². The van der Waals surface area contributed by atoms with Gasteiger partial charge in [0.15, 0.2) is 16.8 Å². The third-order valence-electron chi connectivity index (χ3n) is 3.98. The van der Waals surface area contributed by atoms with Crippen molar-refractivity contribution in [2.45, 2.75) is 0 Å². The first-order valence-corrected chi connectivity index (χ1v) is 8.10. The van der Waals surface area contributed by atoms with Crippen LogP contribution in [0, 0.1) is 0 Å². The van der Waals surface area contributed by atoms with Gasteiger partial charge >= 0.3 is 5.97 Å². The van der Waals surface area contributed by atoms with Crippen LogP contribution in [0.3, 0.4) is 0 Å². The van der Waals surface area contributed by atoms with Gasteiger partial charge in [-0.3, -0.25) is 9.78 Å². The number of fused-ring (bicyclic) bond motifs is 1. The summed E-state index contributed by atoms with van der Waals surface area (Å²) in [6.45, 7) is 0. The summed E-state index contributed by atoms with van der Waals surface area (Å²) >= 11 is 0. The number of ether oxygens (including phenoxy) is 1. The van der Waals surface area contributed by atoms with Gasteiger partial charge in [-0.2, -0.15) is 0 Å². The van der Waals surface area contributed by atoms with Gasteiger partial charge in [-0.15, -0.1) is 0 Å². The highest BCUT2D eigenvalue weighted by Gasteiger charge is 2.11. The van der Waals surface area contributed by atoms with E-state index in [4.69, 9.17) is 9.15 Å². The number of carbonyl (C=O) groups is 1. The molecule has 2 aromatic carbocycles. The zero-order valence-electron chi connectivity index (χ0n) is 14.0. The third kappa shape index (κ3) is 3.28. The molecule has 0 unspecified atom stereocenters. The van der Waals surface area contributed by atoms with Gasteiger partial charge < -0.3 is 14.3 Å². The van der Waals surface area contributed by atoms with Gasteiger partial charge in [0.1, 0.15) is 11.5 Å². The highest BCUT2D eigenvalue weighted by molar-refractivity contribution is 5.90. The number of carbonyl (C=O) groups excluding carboxylic acids is 1. The van der Waals surface area contributed by atoms with Crippen LogP contribution >= 0.6 is 0 Å². The summed E-state index contributed by atoms with van der Waals surface area (Å²) < 4.78 is 11.0. The van der Waals surface area contributed by atoms with E-state index in [1.165, 1.54) is 18.3 Å². The van der Waals surface area contributed by atoms with Crippen LogP contribution in [0.15, 0.2) is 82.3 Å². The fourth-order valence-electron chi connectivity index (χ4n) is 2.64. The summed E-state index contributed by atoms with van der Waals surface area (Å²) in [6, 6.07) is 15.8. The number of hydrogen-bond acceptors (Lipinski definition) is 6. The van der Waals surface area contributed by atoms with E-state index in [1.807, 2.05) is 0 Å². The number of esters is 1. The summed E-state index contributed by atoms with van der Waals surface area (Å²) in [6.07, 6.45) is 2.99. The molecule has 0 saturated carbocycles. The van der Waals surface area contributed by atoms with Crippen LogP contribution in [0.4, 0.5) is 0 Å². The second-order valence-corrected chi connectivity index (χ2v) is 5.78. The van der Waals surface area contributed by atoms with Crippen molar-refractivity contribution < 1.29 is 19.1 Å². The predicted molar refractivity (Wildman–Crippen MR) is 98.8 cm³/mol. The molecule has 0 atom stereocenters. The van der Waals surface area contributed by atoms with E-state index in [9.17, 15) is 14.7 Å². The molecule has 0 aliphatic heterocycles. The number of hydrogen-bond donors (Lipinski definition) is 1. The molecule has 0 aliphatic rings. The fraction of sp³-hybridized carbons (Fsp3) is 0. The Morgan fingerprint density at radius 2 is 1.85 bits per heavy atom. The molecular weight excluding hydrogens is 346 g/mol. The average molecular weight is 359 g/mol. The first-order chi connectivity index (χ1) is 13.1. The van der Waals surface area contributed by atoms with E-state index in [-0.39, 0.29) is 16.8 Å². The molecule has 0 spiro atoms. The number of phenols is 1. The van der Waals surface area contributed by atoms with Gasteiger partial charge in [0.05, 0.1) is 10.9 Å². The normalized spacial score (nSPS) is 10.7. The zero-order valence-corrected chi connectivity index (χ0v) is 14.0. The van der Waals surface area contributed by atoms with Gasteiger partial charge in [-0.25, -0.2) is 4.79 Å². The van der Waals surface area contributed by atoms with E-state index >= 15 is 0 Å². The molecule has 2 aromatic heterocycles. The second-order valence-electron chi connectivity index (χ2n) is 5.78. The Morgan fingerprint density at radius 1 is 1.04 bits per heavy atom. The first kappa shape index (κ1) is 16.5. The molecule has 4 rings (SSSR count). The Bertz CT molecular complexity index is 1180. The molecule has 4 aromatic rings. The van der Waals surface area contributed by atoms with Crippen LogP contribution in [-0.4, -0.2) is 16.1 Å². The minimum absolute atomic E-state index is 0.103. The lowest BCUT2D eigenvalue weighted by Crippen LogP contribution is -2.08. The Labute approximate surface area is 153 Å². The third-order valence-corrected chi connectivity index (χ3v) is 3.98. The molecular formula is C21H13NO5. The smallest absolute Gasteiger partial charge is 0.345 e. The van der Waals surface area contributed by atoms with E-state index < -0.39 is 5.97 Å². The summed E-state index contributed by atoms with van der Waals surface area (Å²) in [7, 11) is 0. The lowest BCUT2D eigenvalue weighted by molar-refractivity contribution is 0.0734. The van der Waals surface area contributed by atoms with Crippen molar-refractivity contribution in [3.8, 4) is 22.8 Å². The standard InChI is InChI=1S/C21H13NO5/c23-17-5-1-4-16-18(24)11-19(27-20(16)17)13-6-8-15(9-7-13)26-21(25)14-3-2-10-22-12-14/h1-12,23H. The summed E-state index contributed by atoms with van der Waals surface area (Å²) in [5.74, 6) is 0.0317. The minimum Gasteiger partial charge on any atom is -0.504 e. The van der Waals surface area contributed by atoms with Gasteiger partial charge in [-0.1, -0.05) is 6.07 Å². The molecule has 132 valence electrons. The molecule has 27 heavy (non-hydrogen) atoms. The average Bonchev–Trinajstić information content (AvgIpc) is 2.70. The summed E-state index contributed by atoms with van der Waals surface area (Å²) in [4.78, 5) is 28.2. The number of nitrogens with zero attached hydrogens (tertiary/aromatic N) is 1. The number of aromatic nitrogens is 1. The van der Waals surface area contributed by atoms with Crippen molar-refractivity contribution in [2.75, 3.05) is 0 Å². The lowest BCUT2D eigenvalue weighted by atomic mass is 10.1. The van der Waals surface area contributed by atoms with E-state index in [0.717, 1.165) is 0 Å². The van der Waals surface area contributed by atoms with Gasteiger partial charge in [0.25, 0.3) is 0 Å². The maximum Gasteiger partial charge on any atom is 0.345 e. The highest BCUT2D eigenvalue weighted by atomic mass is 16.5. The molecule has 0 aliphatic carbocycles. The Kier molecular flexibility index (Phi) is 4.14. The van der Waals surface area contributed by atoms with Gasteiger partial charge in [0.2, 0.25) is 0 Å². The number of para-hydroxylation sites is 1. The molecule has 6 nitrogen and oxygen atoms in total. The predicted octanol–water partition coefficient (Wildman–Crippen LogP) is 3.78. The van der Waals surface area contributed by atoms with E-state index in [0.29, 0.717) is 28.0 Å². The SMILES string of the molecule is O=C(Oc1ccc(-c2cc(=O)c3cccc(O)c3o2)cc1)c1cccnc1. The highest BCUT2D eigenvalue weighted by Crippen LogP contribution is 2.28. The number of phenolic OH excluding ortho intramolecular Hbond substituents is 1. The first-order valence-electron chi connectivity index (χ1n) is 8.10. The van der Waals surface area contributed by atoms with E-state index in [1.54, 1.807) is 54.7 Å². The van der Waals surface area contributed by atoms with Crippen LogP contribution in [0.5, 0.6) is 11.5 Å². The maximum atomic E-state index is 12.2. The topological polar surface area (TPSA) is 89.6 Å².